The van der Waals surface area contributed by atoms with Gasteiger partial charge in [0.1, 0.15) is 18.4 Å². The van der Waals surface area contributed by atoms with E-state index in [-0.39, 0.29) is 18.4 Å². The number of fused-ring (bicyclic) bond motifs is 1. The molecule has 1 aliphatic rings. The third-order valence-electron chi connectivity index (χ3n) is 3.65. The van der Waals surface area contributed by atoms with Crippen LogP contribution in [0.4, 0.5) is 0 Å². The Kier molecular flexibility index (Phi) is 4.21. The highest BCUT2D eigenvalue weighted by atomic mass is 16.5. The van der Waals surface area contributed by atoms with E-state index in [1.54, 1.807) is 20.8 Å². The Morgan fingerprint density at radius 3 is 2.62 bits per heavy atom. The number of benzene rings is 1. The first-order valence-electron chi connectivity index (χ1n) is 7.03. The topological polar surface area (TPSA) is 75.6 Å². The first-order chi connectivity index (χ1) is 9.79. The molecule has 1 heterocycles. The van der Waals surface area contributed by atoms with Crippen LogP contribution in [0.25, 0.3) is 0 Å². The van der Waals surface area contributed by atoms with Gasteiger partial charge in [-0.05, 0) is 23.5 Å². The van der Waals surface area contributed by atoms with Gasteiger partial charge in [0.05, 0.1) is 5.92 Å². The normalized spacial score (nSPS) is 19.1. The summed E-state index contributed by atoms with van der Waals surface area (Å²) >= 11 is 0. The van der Waals surface area contributed by atoms with Crippen molar-refractivity contribution in [2.45, 2.75) is 33.2 Å². The van der Waals surface area contributed by atoms with Crippen LogP contribution in [0.2, 0.25) is 0 Å². The number of aliphatic carboxylic acids is 1. The van der Waals surface area contributed by atoms with Crippen molar-refractivity contribution in [2.24, 2.45) is 11.3 Å². The Balaban J connectivity index is 2.06. The molecule has 5 nitrogen and oxygen atoms in total. The molecule has 0 bridgehead atoms. The van der Waals surface area contributed by atoms with Crippen LogP contribution in [0.3, 0.4) is 0 Å². The van der Waals surface area contributed by atoms with Crippen LogP contribution in [0, 0.1) is 11.3 Å². The number of nitrogens with one attached hydrogen (secondary N) is 1. The molecule has 114 valence electrons. The number of carboxylic acid groups (broad SMARTS) is 1. The largest absolute Gasteiger partial charge is 0.492 e. The van der Waals surface area contributed by atoms with Crippen LogP contribution in [-0.2, 0) is 16.0 Å². The number of hydrogen-bond donors (Lipinski definition) is 2. The number of carbonyl (C=O) groups is 2. The molecule has 0 saturated carbocycles. The van der Waals surface area contributed by atoms with Crippen molar-refractivity contribution in [3.8, 4) is 5.75 Å². The predicted molar refractivity (Wildman–Crippen MR) is 78.2 cm³/mol. The molecule has 5 heteroatoms. The number of hydrogen-bond acceptors (Lipinski definition) is 3. The molecule has 1 aromatic rings. The van der Waals surface area contributed by atoms with Gasteiger partial charge in [-0.15, -0.1) is 0 Å². The summed E-state index contributed by atoms with van der Waals surface area (Å²) in [7, 11) is 0. The molecule has 0 radical (unpaired) electrons. The van der Waals surface area contributed by atoms with Crippen molar-refractivity contribution in [1.29, 1.82) is 0 Å². The van der Waals surface area contributed by atoms with Crippen molar-refractivity contribution in [2.75, 3.05) is 6.61 Å². The number of para-hydroxylation sites is 1. The monoisotopic (exact) mass is 291 g/mol. The lowest BCUT2D eigenvalue weighted by molar-refractivity contribution is -0.145. The van der Waals surface area contributed by atoms with Gasteiger partial charge in [0.2, 0.25) is 5.91 Å². The lowest BCUT2D eigenvalue weighted by Crippen LogP contribution is -2.52. The molecule has 2 atom stereocenters. The maximum Gasteiger partial charge on any atom is 0.326 e. The minimum atomic E-state index is -1.02. The number of amides is 1. The van der Waals surface area contributed by atoms with Gasteiger partial charge in [-0.3, -0.25) is 4.79 Å². The van der Waals surface area contributed by atoms with E-state index in [9.17, 15) is 14.7 Å². The average Bonchev–Trinajstić information content (AvgIpc) is 2.42. The van der Waals surface area contributed by atoms with Crippen molar-refractivity contribution in [1.82, 2.24) is 5.32 Å². The molecule has 2 unspecified atom stereocenters. The third kappa shape index (κ3) is 3.54. The van der Waals surface area contributed by atoms with E-state index in [2.05, 4.69) is 5.32 Å². The van der Waals surface area contributed by atoms with Crippen LogP contribution in [-0.4, -0.2) is 29.6 Å². The fraction of sp³-hybridized carbons (Fsp3) is 0.500. The Morgan fingerprint density at radius 2 is 2.00 bits per heavy atom. The lowest BCUT2D eigenvalue weighted by atomic mass is 9.86. The molecule has 0 fully saturated rings. The maximum absolute atomic E-state index is 12.3. The predicted octanol–water partition coefficient (Wildman–Crippen LogP) is 1.85. The maximum atomic E-state index is 12.3. The molecule has 2 N–H and O–H groups in total. The number of rotatable bonds is 3. The van der Waals surface area contributed by atoms with Crippen LogP contribution >= 0.6 is 0 Å². The summed E-state index contributed by atoms with van der Waals surface area (Å²) in [5, 5.41) is 11.9. The fourth-order valence-electron chi connectivity index (χ4n) is 2.41. The van der Waals surface area contributed by atoms with Gasteiger partial charge in [-0.25, -0.2) is 4.79 Å². The molecule has 2 rings (SSSR count). The molecule has 0 saturated heterocycles. The molecule has 1 aromatic carbocycles. The van der Waals surface area contributed by atoms with Crippen LogP contribution < -0.4 is 10.1 Å². The molecule has 0 spiro atoms. The zero-order chi connectivity index (χ0) is 15.6. The van der Waals surface area contributed by atoms with E-state index in [0.717, 1.165) is 11.3 Å². The Morgan fingerprint density at radius 1 is 1.33 bits per heavy atom. The second-order valence-corrected chi connectivity index (χ2v) is 6.47. The summed E-state index contributed by atoms with van der Waals surface area (Å²) in [4.78, 5) is 23.6. The molecule has 0 aromatic heterocycles. The Labute approximate surface area is 124 Å². The highest BCUT2D eigenvalue weighted by Gasteiger charge is 2.35. The van der Waals surface area contributed by atoms with Gasteiger partial charge < -0.3 is 15.2 Å². The summed E-state index contributed by atoms with van der Waals surface area (Å²) < 4.78 is 5.58. The first-order valence-corrected chi connectivity index (χ1v) is 7.03. The summed E-state index contributed by atoms with van der Waals surface area (Å²) in [6.45, 7) is 5.65. The second-order valence-electron chi connectivity index (χ2n) is 6.47. The van der Waals surface area contributed by atoms with Crippen LogP contribution in [0.5, 0.6) is 5.75 Å². The Hall–Kier alpha value is -2.04. The molecular weight excluding hydrogens is 270 g/mol. The average molecular weight is 291 g/mol. The van der Waals surface area contributed by atoms with Gasteiger partial charge in [0.25, 0.3) is 0 Å². The minimum absolute atomic E-state index is 0.271. The quantitative estimate of drug-likeness (QED) is 0.891. The summed E-state index contributed by atoms with van der Waals surface area (Å²) in [6, 6.07) is 6.67. The van der Waals surface area contributed by atoms with E-state index in [1.165, 1.54) is 0 Å². The number of carboxylic acids is 1. The van der Waals surface area contributed by atoms with Gasteiger partial charge in [0.15, 0.2) is 0 Å². The first kappa shape index (κ1) is 15.4. The van der Waals surface area contributed by atoms with Gasteiger partial charge in [0, 0.05) is 0 Å². The standard InChI is InChI=1S/C16H21NO4/c1-16(2,3)13(15(19)20)17-14(18)11-8-10-6-4-5-7-12(10)21-9-11/h4-7,11,13H,8-9H2,1-3H3,(H,17,18)(H,19,20). The zero-order valence-corrected chi connectivity index (χ0v) is 12.6. The van der Waals surface area contributed by atoms with Gasteiger partial charge in [-0.1, -0.05) is 39.0 Å². The van der Waals surface area contributed by atoms with E-state index in [1.807, 2.05) is 24.3 Å². The van der Waals surface area contributed by atoms with E-state index in [0.29, 0.717) is 6.42 Å². The summed E-state index contributed by atoms with van der Waals surface area (Å²) in [6.07, 6.45) is 0.568. The Bertz CT molecular complexity index is 547. The lowest BCUT2D eigenvalue weighted by Gasteiger charge is -2.31. The van der Waals surface area contributed by atoms with Crippen molar-refractivity contribution in [3.63, 3.8) is 0 Å². The highest BCUT2D eigenvalue weighted by Crippen LogP contribution is 2.27. The van der Waals surface area contributed by atoms with Crippen LogP contribution in [0.1, 0.15) is 26.3 Å². The van der Waals surface area contributed by atoms with E-state index < -0.39 is 17.4 Å². The van der Waals surface area contributed by atoms with Crippen molar-refractivity contribution >= 4 is 11.9 Å². The summed E-state index contributed by atoms with van der Waals surface area (Å²) in [5.41, 5.74) is 0.432. The van der Waals surface area contributed by atoms with Gasteiger partial charge >= 0.3 is 5.97 Å². The van der Waals surface area contributed by atoms with Crippen molar-refractivity contribution in [3.05, 3.63) is 29.8 Å². The van der Waals surface area contributed by atoms with Crippen molar-refractivity contribution < 1.29 is 19.4 Å². The van der Waals surface area contributed by atoms with E-state index in [4.69, 9.17) is 4.74 Å². The second kappa shape index (κ2) is 5.76. The molecular formula is C16H21NO4. The molecule has 1 aliphatic heterocycles. The van der Waals surface area contributed by atoms with E-state index >= 15 is 0 Å². The fourth-order valence-corrected chi connectivity index (χ4v) is 2.41. The molecule has 0 aliphatic carbocycles. The highest BCUT2D eigenvalue weighted by molar-refractivity contribution is 5.86. The minimum Gasteiger partial charge on any atom is -0.492 e. The number of ether oxygens (including phenoxy) is 1. The SMILES string of the molecule is CC(C)(C)C(NC(=O)C1COc2ccccc2C1)C(=O)O. The number of carbonyl (C=O) groups excluding carboxylic acids is 1. The molecule has 1 amide bonds. The van der Waals surface area contributed by atoms with Crippen LogP contribution in [0.15, 0.2) is 24.3 Å². The molecule has 21 heavy (non-hydrogen) atoms. The zero-order valence-electron chi connectivity index (χ0n) is 12.6. The smallest absolute Gasteiger partial charge is 0.326 e. The van der Waals surface area contributed by atoms with Gasteiger partial charge in [-0.2, -0.15) is 0 Å². The summed E-state index contributed by atoms with van der Waals surface area (Å²) in [5.74, 6) is -0.851. The third-order valence-corrected chi connectivity index (χ3v) is 3.65.